The van der Waals surface area contributed by atoms with Gasteiger partial charge in [0, 0.05) is 5.75 Å². The molecule has 0 aromatic rings. The Kier molecular flexibility index (Phi) is 6.36. The number of hydrogen-bond acceptors (Lipinski definition) is 2. The van der Waals surface area contributed by atoms with Gasteiger partial charge >= 0.3 is 29.6 Å². The summed E-state index contributed by atoms with van der Waals surface area (Å²) in [6.45, 7) is 0. The average molecular weight is 170 g/mol. The molecule has 1 unspecified atom stereocenters. The third-order valence-electron chi connectivity index (χ3n) is 1.62. The van der Waals surface area contributed by atoms with Crippen LogP contribution in [0.15, 0.2) is 0 Å². The van der Waals surface area contributed by atoms with Crippen molar-refractivity contribution in [2.75, 3.05) is 5.75 Å². The maximum atomic E-state index is 10.0. The van der Waals surface area contributed by atoms with Crippen LogP contribution < -0.4 is 29.6 Å². The predicted octanol–water partition coefficient (Wildman–Crippen LogP) is -1.94. The van der Waals surface area contributed by atoms with Crippen LogP contribution in [0.4, 0.5) is 0 Å². The Balaban J connectivity index is 0.000000810. The van der Waals surface area contributed by atoms with Gasteiger partial charge in [-0.3, -0.25) is 4.21 Å². The van der Waals surface area contributed by atoms with Gasteiger partial charge in [0.25, 0.3) is 0 Å². The molecule has 0 amide bonds. The van der Waals surface area contributed by atoms with Crippen LogP contribution in [0.2, 0.25) is 0 Å². The van der Waals surface area contributed by atoms with Gasteiger partial charge in [0.1, 0.15) is 0 Å². The molecule has 0 bridgehead atoms. The van der Waals surface area contributed by atoms with E-state index in [1.54, 1.807) is 0 Å². The molecule has 1 atom stereocenters. The molecule has 0 spiro atoms. The van der Waals surface area contributed by atoms with Crippen molar-refractivity contribution in [2.45, 2.75) is 25.7 Å². The van der Waals surface area contributed by atoms with Crippen molar-refractivity contribution in [1.29, 1.82) is 0 Å². The maximum absolute atomic E-state index is 10.0. The van der Waals surface area contributed by atoms with Crippen molar-refractivity contribution in [3.8, 4) is 0 Å². The van der Waals surface area contributed by atoms with Crippen LogP contribution in [0.5, 0.6) is 0 Å². The SMILES string of the molecule is O=S([O-])CCCC1CC1.[Na+]. The van der Waals surface area contributed by atoms with E-state index in [2.05, 4.69) is 0 Å². The minimum absolute atomic E-state index is 0. The molecule has 54 valence electrons. The van der Waals surface area contributed by atoms with E-state index in [4.69, 9.17) is 0 Å². The molecule has 2 nitrogen and oxygen atoms in total. The zero-order chi connectivity index (χ0) is 6.69. The van der Waals surface area contributed by atoms with Crippen LogP contribution in [-0.4, -0.2) is 14.5 Å². The van der Waals surface area contributed by atoms with Gasteiger partial charge < -0.3 is 4.55 Å². The molecule has 1 aliphatic carbocycles. The van der Waals surface area contributed by atoms with Crippen LogP contribution in [0, 0.1) is 5.92 Å². The van der Waals surface area contributed by atoms with Crippen molar-refractivity contribution >= 4 is 11.1 Å². The smallest absolute Gasteiger partial charge is 0.772 e. The Morgan fingerprint density at radius 1 is 1.50 bits per heavy atom. The van der Waals surface area contributed by atoms with Crippen LogP contribution >= 0.6 is 0 Å². The molecular weight excluding hydrogens is 159 g/mol. The first-order valence-electron chi connectivity index (χ1n) is 3.35. The van der Waals surface area contributed by atoms with Crippen LogP contribution in [-0.2, 0) is 11.1 Å². The molecule has 0 aliphatic heterocycles. The Hall–Kier alpha value is 1.11. The minimum Gasteiger partial charge on any atom is -0.772 e. The summed E-state index contributed by atoms with van der Waals surface area (Å²) >= 11 is -1.80. The summed E-state index contributed by atoms with van der Waals surface area (Å²) in [6, 6.07) is 0. The van der Waals surface area contributed by atoms with Gasteiger partial charge in [-0.05, 0) is 18.8 Å². The number of rotatable bonds is 4. The molecule has 1 fully saturated rings. The normalized spacial score (nSPS) is 19.7. The van der Waals surface area contributed by atoms with Crippen LogP contribution in [0.3, 0.4) is 0 Å². The van der Waals surface area contributed by atoms with E-state index in [9.17, 15) is 8.76 Å². The average Bonchev–Trinajstić information content (AvgIpc) is 2.48. The molecular formula is C6H11NaO2S. The molecule has 0 saturated heterocycles. The summed E-state index contributed by atoms with van der Waals surface area (Å²) < 4.78 is 20.0. The molecule has 10 heavy (non-hydrogen) atoms. The summed E-state index contributed by atoms with van der Waals surface area (Å²) in [5, 5.41) is 0. The molecule has 0 N–H and O–H groups in total. The van der Waals surface area contributed by atoms with Gasteiger partial charge in [0.2, 0.25) is 0 Å². The molecule has 0 heterocycles. The number of hydrogen-bond donors (Lipinski definition) is 0. The van der Waals surface area contributed by atoms with E-state index >= 15 is 0 Å². The fraction of sp³-hybridized carbons (Fsp3) is 1.00. The van der Waals surface area contributed by atoms with E-state index in [0.717, 1.165) is 18.8 Å². The van der Waals surface area contributed by atoms with Crippen molar-refractivity contribution in [3.05, 3.63) is 0 Å². The van der Waals surface area contributed by atoms with Gasteiger partial charge in [-0.15, -0.1) is 0 Å². The third kappa shape index (κ3) is 5.86. The monoisotopic (exact) mass is 170 g/mol. The molecule has 0 aromatic carbocycles. The zero-order valence-electron chi connectivity index (χ0n) is 6.34. The van der Waals surface area contributed by atoms with Crippen molar-refractivity contribution < 1.29 is 38.3 Å². The van der Waals surface area contributed by atoms with Gasteiger partial charge in [-0.25, -0.2) is 0 Å². The zero-order valence-corrected chi connectivity index (χ0v) is 9.15. The quantitative estimate of drug-likeness (QED) is 0.364. The van der Waals surface area contributed by atoms with Crippen molar-refractivity contribution in [3.63, 3.8) is 0 Å². The minimum atomic E-state index is -1.80. The van der Waals surface area contributed by atoms with Gasteiger partial charge in [0.05, 0.1) is 0 Å². The van der Waals surface area contributed by atoms with Crippen molar-refractivity contribution in [2.24, 2.45) is 5.92 Å². The Labute approximate surface area is 86.3 Å². The third-order valence-corrected chi connectivity index (χ3v) is 2.24. The molecule has 1 rings (SSSR count). The fourth-order valence-corrected chi connectivity index (χ4v) is 1.30. The van der Waals surface area contributed by atoms with Gasteiger partial charge in [0.15, 0.2) is 0 Å². The molecule has 0 aromatic heterocycles. The van der Waals surface area contributed by atoms with Gasteiger partial charge in [-0.1, -0.05) is 23.9 Å². The van der Waals surface area contributed by atoms with Crippen LogP contribution in [0.1, 0.15) is 25.7 Å². The fourth-order valence-electron chi connectivity index (χ4n) is 0.896. The van der Waals surface area contributed by atoms with E-state index in [0.29, 0.717) is 5.75 Å². The first kappa shape index (κ1) is 11.1. The second-order valence-corrected chi connectivity index (χ2v) is 3.61. The predicted molar refractivity (Wildman–Crippen MR) is 35.7 cm³/mol. The molecule has 1 saturated carbocycles. The first-order valence-corrected chi connectivity index (χ1v) is 4.59. The van der Waals surface area contributed by atoms with E-state index in [1.807, 2.05) is 0 Å². The van der Waals surface area contributed by atoms with Crippen molar-refractivity contribution in [1.82, 2.24) is 0 Å². The van der Waals surface area contributed by atoms with Gasteiger partial charge in [-0.2, -0.15) is 0 Å². The molecule has 0 radical (unpaired) electrons. The summed E-state index contributed by atoms with van der Waals surface area (Å²) in [5.74, 6) is 1.23. The molecule has 4 heteroatoms. The van der Waals surface area contributed by atoms with Crippen LogP contribution in [0.25, 0.3) is 0 Å². The Morgan fingerprint density at radius 2 is 2.10 bits per heavy atom. The largest absolute Gasteiger partial charge is 1.00 e. The van der Waals surface area contributed by atoms with E-state index in [-0.39, 0.29) is 29.6 Å². The molecule has 1 aliphatic rings. The summed E-state index contributed by atoms with van der Waals surface area (Å²) in [4.78, 5) is 0. The van der Waals surface area contributed by atoms with E-state index < -0.39 is 11.1 Å². The summed E-state index contributed by atoms with van der Waals surface area (Å²) in [7, 11) is 0. The second-order valence-electron chi connectivity index (χ2n) is 2.59. The summed E-state index contributed by atoms with van der Waals surface area (Å²) in [6.07, 6.45) is 4.63. The Morgan fingerprint density at radius 3 is 2.50 bits per heavy atom. The summed E-state index contributed by atoms with van der Waals surface area (Å²) in [5.41, 5.74) is 0. The Bertz CT molecular complexity index is 114. The van der Waals surface area contributed by atoms with E-state index in [1.165, 1.54) is 12.8 Å². The first-order chi connectivity index (χ1) is 4.29. The maximum Gasteiger partial charge on any atom is 1.00 e. The topological polar surface area (TPSA) is 40.1 Å². The standard InChI is InChI=1S/C6H12O2S.Na/c7-9(8)5-1-2-6-3-4-6;/h6H,1-5H2,(H,7,8);/q;+1/p-1. The second kappa shape index (κ2) is 5.72.